The molecule has 82 valence electrons. The molecule has 1 rings (SSSR count). The summed E-state index contributed by atoms with van der Waals surface area (Å²) in [6, 6.07) is 4.34. The van der Waals surface area contributed by atoms with Crippen LogP contribution in [0.4, 0.5) is 5.69 Å². The lowest BCUT2D eigenvalue weighted by atomic mass is 10.3. The molecule has 0 saturated carbocycles. The number of benzene rings is 1. The lowest BCUT2D eigenvalue weighted by molar-refractivity contribution is -0.385. The van der Waals surface area contributed by atoms with Crippen LogP contribution in [0.15, 0.2) is 22.7 Å². The van der Waals surface area contributed by atoms with Gasteiger partial charge < -0.3 is 10.5 Å². The summed E-state index contributed by atoms with van der Waals surface area (Å²) in [5.74, 6) is 0.438. The number of nitrogens with zero attached hydrogens (tertiary/aromatic N) is 1. The van der Waals surface area contributed by atoms with Crippen LogP contribution >= 0.6 is 15.9 Å². The van der Waals surface area contributed by atoms with Crippen molar-refractivity contribution in [1.82, 2.24) is 0 Å². The van der Waals surface area contributed by atoms with E-state index < -0.39 is 4.92 Å². The number of nitrogens with two attached hydrogens (primary N) is 1. The Hall–Kier alpha value is -1.14. The molecule has 15 heavy (non-hydrogen) atoms. The number of non-ortho nitro benzene ring substituents is 1. The van der Waals surface area contributed by atoms with Gasteiger partial charge in [0.25, 0.3) is 5.69 Å². The van der Waals surface area contributed by atoms with E-state index in [1.54, 1.807) is 13.0 Å². The minimum absolute atomic E-state index is 0.0101. The molecule has 0 aliphatic carbocycles. The number of halogens is 1. The number of ether oxygens (including phenoxy) is 1. The Balaban J connectivity index is 2.84. The molecule has 1 aromatic rings. The topological polar surface area (TPSA) is 78.4 Å². The van der Waals surface area contributed by atoms with Gasteiger partial charge in [0.2, 0.25) is 0 Å². The van der Waals surface area contributed by atoms with Gasteiger partial charge in [-0.25, -0.2) is 0 Å². The Morgan fingerprint density at radius 2 is 2.27 bits per heavy atom. The monoisotopic (exact) mass is 274 g/mol. The van der Waals surface area contributed by atoms with Crippen LogP contribution in [0.5, 0.6) is 5.75 Å². The predicted octanol–water partition coefficient (Wildman–Crippen LogP) is 2.08. The van der Waals surface area contributed by atoms with Crippen molar-refractivity contribution in [3.8, 4) is 5.75 Å². The number of rotatable bonds is 4. The number of nitro groups is 1. The summed E-state index contributed by atoms with van der Waals surface area (Å²) in [6.45, 7) is 2.13. The second-order valence-corrected chi connectivity index (χ2v) is 4.11. The van der Waals surface area contributed by atoms with Gasteiger partial charge in [-0.2, -0.15) is 0 Å². The Bertz CT molecular complexity index is 368. The predicted molar refractivity (Wildman–Crippen MR) is 59.9 cm³/mol. The molecule has 0 aromatic heterocycles. The SMILES string of the molecule is CC(N)COc1cc(Br)cc([N+](=O)[O-])c1. The zero-order valence-electron chi connectivity index (χ0n) is 8.14. The summed E-state index contributed by atoms with van der Waals surface area (Å²) < 4.78 is 5.89. The van der Waals surface area contributed by atoms with Crippen molar-refractivity contribution in [3.05, 3.63) is 32.8 Å². The van der Waals surface area contributed by atoms with Crippen LogP contribution in [0.3, 0.4) is 0 Å². The first-order valence-corrected chi connectivity index (χ1v) is 5.11. The Morgan fingerprint density at radius 3 is 2.80 bits per heavy atom. The zero-order chi connectivity index (χ0) is 11.4. The normalized spacial score (nSPS) is 12.2. The standard InChI is InChI=1S/C9H11BrN2O3/c1-6(11)5-15-9-3-7(10)2-8(4-9)12(13)14/h2-4,6H,5,11H2,1H3. The van der Waals surface area contributed by atoms with Crippen molar-refractivity contribution in [2.24, 2.45) is 5.73 Å². The van der Waals surface area contributed by atoms with Crippen LogP contribution in [0.2, 0.25) is 0 Å². The molecule has 1 aromatic carbocycles. The molecule has 5 nitrogen and oxygen atoms in total. The molecule has 0 bridgehead atoms. The fourth-order valence-electron chi connectivity index (χ4n) is 0.964. The number of nitro benzene ring substituents is 1. The van der Waals surface area contributed by atoms with Gasteiger partial charge in [-0.3, -0.25) is 10.1 Å². The molecule has 0 heterocycles. The molecule has 0 aliphatic heterocycles. The minimum atomic E-state index is -0.469. The van der Waals surface area contributed by atoms with Gasteiger partial charge in [0.05, 0.1) is 11.0 Å². The average molecular weight is 275 g/mol. The first kappa shape index (κ1) is 11.9. The third kappa shape index (κ3) is 3.85. The van der Waals surface area contributed by atoms with E-state index in [-0.39, 0.29) is 11.7 Å². The molecule has 0 radical (unpaired) electrons. The summed E-state index contributed by atoms with van der Waals surface area (Å²) in [5.41, 5.74) is 5.50. The highest BCUT2D eigenvalue weighted by Crippen LogP contribution is 2.26. The maximum Gasteiger partial charge on any atom is 0.274 e. The lowest BCUT2D eigenvalue weighted by Crippen LogP contribution is -2.23. The molecule has 0 amide bonds. The minimum Gasteiger partial charge on any atom is -0.492 e. The highest BCUT2D eigenvalue weighted by Gasteiger charge is 2.09. The molecule has 0 saturated heterocycles. The third-order valence-electron chi connectivity index (χ3n) is 1.58. The molecule has 6 heteroatoms. The summed E-state index contributed by atoms with van der Waals surface area (Å²) >= 11 is 3.17. The fourth-order valence-corrected chi connectivity index (χ4v) is 1.42. The van der Waals surface area contributed by atoms with Crippen LogP contribution < -0.4 is 10.5 Å². The summed E-state index contributed by atoms with van der Waals surface area (Å²) in [7, 11) is 0. The van der Waals surface area contributed by atoms with E-state index in [2.05, 4.69) is 15.9 Å². The largest absolute Gasteiger partial charge is 0.492 e. The van der Waals surface area contributed by atoms with E-state index in [1.807, 2.05) is 0 Å². The molecule has 2 N–H and O–H groups in total. The van der Waals surface area contributed by atoms with E-state index in [9.17, 15) is 10.1 Å². The molecular weight excluding hydrogens is 264 g/mol. The highest BCUT2D eigenvalue weighted by atomic mass is 79.9. The maximum absolute atomic E-state index is 10.5. The van der Waals surface area contributed by atoms with E-state index in [1.165, 1.54) is 12.1 Å². The first-order valence-electron chi connectivity index (χ1n) is 4.32. The van der Waals surface area contributed by atoms with E-state index in [0.717, 1.165) is 0 Å². The molecule has 0 fully saturated rings. The fraction of sp³-hybridized carbons (Fsp3) is 0.333. The van der Waals surface area contributed by atoms with Gasteiger partial charge in [0, 0.05) is 16.6 Å². The van der Waals surface area contributed by atoms with Crippen molar-refractivity contribution in [3.63, 3.8) is 0 Å². The smallest absolute Gasteiger partial charge is 0.274 e. The van der Waals surface area contributed by atoms with Crippen LogP contribution in [0.25, 0.3) is 0 Å². The van der Waals surface area contributed by atoms with Crippen molar-refractivity contribution in [1.29, 1.82) is 0 Å². The van der Waals surface area contributed by atoms with Crippen LogP contribution in [-0.4, -0.2) is 17.6 Å². The van der Waals surface area contributed by atoms with Gasteiger partial charge in [-0.1, -0.05) is 15.9 Å². The quantitative estimate of drug-likeness (QED) is 0.674. The highest BCUT2D eigenvalue weighted by molar-refractivity contribution is 9.10. The van der Waals surface area contributed by atoms with Crippen LogP contribution in [0.1, 0.15) is 6.92 Å². The summed E-state index contributed by atoms with van der Waals surface area (Å²) in [5, 5.41) is 10.5. The number of hydrogen-bond donors (Lipinski definition) is 1. The van der Waals surface area contributed by atoms with Gasteiger partial charge in [0.15, 0.2) is 0 Å². The number of hydrogen-bond acceptors (Lipinski definition) is 4. The van der Waals surface area contributed by atoms with Gasteiger partial charge in [0.1, 0.15) is 12.4 Å². The van der Waals surface area contributed by atoms with E-state index in [4.69, 9.17) is 10.5 Å². The zero-order valence-corrected chi connectivity index (χ0v) is 9.73. The van der Waals surface area contributed by atoms with Crippen LogP contribution in [-0.2, 0) is 0 Å². The van der Waals surface area contributed by atoms with Crippen LogP contribution in [0, 0.1) is 10.1 Å². The third-order valence-corrected chi connectivity index (χ3v) is 2.04. The molecule has 1 atom stereocenters. The van der Waals surface area contributed by atoms with Crippen molar-refractivity contribution >= 4 is 21.6 Å². The second kappa shape index (κ2) is 5.09. The van der Waals surface area contributed by atoms with Gasteiger partial charge in [-0.05, 0) is 13.0 Å². The summed E-state index contributed by atoms with van der Waals surface area (Å²) in [6.07, 6.45) is 0. The van der Waals surface area contributed by atoms with Crippen molar-refractivity contribution < 1.29 is 9.66 Å². The Morgan fingerprint density at radius 1 is 1.60 bits per heavy atom. The second-order valence-electron chi connectivity index (χ2n) is 3.19. The molecule has 0 aliphatic rings. The summed E-state index contributed by atoms with van der Waals surface area (Å²) in [4.78, 5) is 10.1. The molecule has 0 spiro atoms. The van der Waals surface area contributed by atoms with E-state index >= 15 is 0 Å². The van der Waals surface area contributed by atoms with E-state index in [0.29, 0.717) is 16.8 Å². The van der Waals surface area contributed by atoms with Crippen molar-refractivity contribution in [2.75, 3.05) is 6.61 Å². The lowest BCUT2D eigenvalue weighted by Gasteiger charge is -2.08. The maximum atomic E-state index is 10.5. The van der Waals surface area contributed by atoms with Gasteiger partial charge in [-0.15, -0.1) is 0 Å². The molecular formula is C9H11BrN2O3. The average Bonchev–Trinajstić information content (AvgIpc) is 2.13. The molecule has 1 unspecified atom stereocenters. The Kier molecular flexibility index (Phi) is 4.05. The van der Waals surface area contributed by atoms with Crippen molar-refractivity contribution in [2.45, 2.75) is 13.0 Å². The Labute approximate surface area is 95.5 Å². The van der Waals surface area contributed by atoms with Gasteiger partial charge >= 0.3 is 0 Å². The first-order chi connectivity index (χ1) is 6.99.